The number of imidazole rings is 1. The lowest BCUT2D eigenvalue weighted by Crippen LogP contribution is -2.46. The van der Waals surface area contributed by atoms with Crippen LogP contribution in [0.25, 0.3) is 16.9 Å². The Hall–Kier alpha value is -3.10. The molecule has 0 N–H and O–H groups in total. The van der Waals surface area contributed by atoms with Crippen LogP contribution in [-0.4, -0.2) is 66.4 Å². The molecule has 8 nitrogen and oxygen atoms in total. The number of hydrogen-bond donors (Lipinski definition) is 0. The summed E-state index contributed by atoms with van der Waals surface area (Å²) >= 11 is 6.20. The Labute approximate surface area is 190 Å². The number of pyridine rings is 1. The third-order valence-electron chi connectivity index (χ3n) is 5.58. The SMILES string of the molecule is COC(=O)c1ccc(-c2nc3cc(Cl)ccn3c2C[C@H]2CN(C(=O)OC)CCO2)c(C)c1. The number of halogens is 1. The van der Waals surface area contributed by atoms with Gasteiger partial charge in [0, 0.05) is 35.8 Å². The molecule has 1 atom stereocenters. The van der Waals surface area contributed by atoms with Crippen LogP contribution < -0.4 is 0 Å². The van der Waals surface area contributed by atoms with Crippen molar-refractivity contribution in [1.82, 2.24) is 14.3 Å². The average molecular weight is 458 g/mol. The summed E-state index contributed by atoms with van der Waals surface area (Å²) in [4.78, 5) is 30.4. The van der Waals surface area contributed by atoms with Crippen LogP contribution in [0, 0.1) is 6.92 Å². The van der Waals surface area contributed by atoms with Gasteiger partial charge < -0.3 is 23.5 Å². The van der Waals surface area contributed by atoms with E-state index in [-0.39, 0.29) is 18.2 Å². The molecular formula is C23H24ClN3O5. The van der Waals surface area contributed by atoms with E-state index in [0.717, 1.165) is 22.5 Å². The van der Waals surface area contributed by atoms with E-state index < -0.39 is 0 Å². The normalized spacial score (nSPS) is 16.2. The second-order valence-electron chi connectivity index (χ2n) is 7.61. The highest BCUT2D eigenvalue weighted by Gasteiger charge is 2.28. The number of esters is 1. The Morgan fingerprint density at radius 3 is 2.75 bits per heavy atom. The molecule has 0 saturated carbocycles. The van der Waals surface area contributed by atoms with Crippen LogP contribution in [0.5, 0.6) is 0 Å². The number of ether oxygens (including phenoxy) is 3. The summed E-state index contributed by atoms with van der Waals surface area (Å²) in [5.41, 5.74) is 4.69. The van der Waals surface area contributed by atoms with Gasteiger partial charge >= 0.3 is 12.1 Å². The number of carbonyl (C=O) groups is 2. The van der Waals surface area contributed by atoms with E-state index in [9.17, 15) is 9.59 Å². The number of morpholine rings is 1. The summed E-state index contributed by atoms with van der Waals surface area (Å²) in [7, 11) is 2.73. The lowest BCUT2D eigenvalue weighted by atomic mass is 9.99. The summed E-state index contributed by atoms with van der Waals surface area (Å²) in [6, 6.07) is 8.99. The first-order chi connectivity index (χ1) is 15.4. The van der Waals surface area contributed by atoms with Crippen molar-refractivity contribution in [3.8, 4) is 11.3 Å². The Balaban J connectivity index is 1.74. The molecule has 1 aliphatic rings. The largest absolute Gasteiger partial charge is 0.465 e. The molecule has 32 heavy (non-hydrogen) atoms. The van der Waals surface area contributed by atoms with Gasteiger partial charge in [-0.15, -0.1) is 0 Å². The second kappa shape index (κ2) is 9.18. The fourth-order valence-electron chi connectivity index (χ4n) is 4.01. The summed E-state index contributed by atoms with van der Waals surface area (Å²) in [6.07, 6.45) is 1.83. The lowest BCUT2D eigenvalue weighted by molar-refractivity contribution is -0.0241. The van der Waals surface area contributed by atoms with Crippen LogP contribution in [0.2, 0.25) is 5.02 Å². The Morgan fingerprint density at radius 2 is 2.03 bits per heavy atom. The molecule has 9 heteroatoms. The van der Waals surface area contributed by atoms with Crippen LogP contribution >= 0.6 is 11.6 Å². The minimum Gasteiger partial charge on any atom is -0.465 e. The fourth-order valence-corrected chi connectivity index (χ4v) is 4.16. The standard InChI is InChI=1S/C23H24ClN3O5/c1-14-10-15(22(28)30-2)4-5-18(14)21-19(27-7-6-16(24)11-20(27)25-21)12-17-13-26(8-9-32-17)23(29)31-3/h4-7,10-11,17H,8-9,12-13H2,1-3H3/t17-/m0/s1. The molecule has 2 aromatic heterocycles. The summed E-state index contributed by atoms with van der Waals surface area (Å²) < 4.78 is 17.6. The summed E-state index contributed by atoms with van der Waals surface area (Å²) in [5.74, 6) is -0.389. The molecule has 3 aromatic rings. The summed E-state index contributed by atoms with van der Waals surface area (Å²) in [6.45, 7) is 3.28. The highest BCUT2D eigenvalue weighted by Crippen LogP contribution is 2.30. The molecule has 168 valence electrons. The van der Waals surface area contributed by atoms with Crippen molar-refractivity contribution >= 4 is 29.3 Å². The molecule has 0 radical (unpaired) electrons. The quantitative estimate of drug-likeness (QED) is 0.555. The molecular weight excluding hydrogens is 434 g/mol. The van der Waals surface area contributed by atoms with E-state index in [1.807, 2.05) is 23.6 Å². The maximum atomic E-state index is 12.0. The van der Waals surface area contributed by atoms with E-state index in [1.54, 1.807) is 29.2 Å². The first-order valence-corrected chi connectivity index (χ1v) is 10.6. The highest BCUT2D eigenvalue weighted by molar-refractivity contribution is 6.30. The number of rotatable bonds is 4. The predicted molar refractivity (Wildman–Crippen MR) is 119 cm³/mol. The van der Waals surface area contributed by atoms with Crippen molar-refractivity contribution in [2.75, 3.05) is 33.9 Å². The number of benzene rings is 1. The maximum absolute atomic E-state index is 12.0. The average Bonchev–Trinajstić information content (AvgIpc) is 3.14. The third-order valence-corrected chi connectivity index (χ3v) is 5.82. The maximum Gasteiger partial charge on any atom is 0.409 e. The van der Waals surface area contributed by atoms with Crippen molar-refractivity contribution in [3.05, 3.63) is 58.4 Å². The topological polar surface area (TPSA) is 82.4 Å². The van der Waals surface area contributed by atoms with E-state index in [2.05, 4.69) is 0 Å². The number of hydrogen-bond acceptors (Lipinski definition) is 6. The highest BCUT2D eigenvalue weighted by atomic mass is 35.5. The van der Waals surface area contributed by atoms with E-state index in [4.69, 9.17) is 30.8 Å². The Bertz CT molecular complexity index is 1180. The van der Waals surface area contributed by atoms with E-state index >= 15 is 0 Å². The third kappa shape index (κ3) is 4.28. The zero-order chi connectivity index (χ0) is 22.8. The Kier molecular flexibility index (Phi) is 6.34. The van der Waals surface area contributed by atoms with Gasteiger partial charge in [-0.25, -0.2) is 14.6 Å². The lowest BCUT2D eigenvalue weighted by Gasteiger charge is -2.32. The van der Waals surface area contributed by atoms with Gasteiger partial charge in [0.2, 0.25) is 0 Å². The monoisotopic (exact) mass is 457 g/mol. The van der Waals surface area contributed by atoms with Gasteiger partial charge in [-0.05, 0) is 30.7 Å². The molecule has 3 heterocycles. The molecule has 0 unspecified atom stereocenters. The number of carbonyl (C=O) groups excluding carboxylic acids is 2. The smallest absolute Gasteiger partial charge is 0.409 e. The van der Waals surface area contributed by atoms with Crippen molar-refractivity contribution in [2.24, 2.45) is 0 Å². The van der Waals surface area contributed by atoms with Gasteiger partial charge in [-0.3, -0.25) is 0 Å². The zero-order valence-electron chi connectivity index (χ0n) is 18.1. The second-order valence-corrected chi connectivity index (χ2v) is 8.05. The predicted octanol–water partition coefficient (Wildman–Crippen LogP) is 3.76. The van der Waals surface area contributed by atoms with Crippen LogP contribution in [0.15, 0.2) is 36.5 Å². The number of amides is 1. The van der Waals surface area contributed by atoms with Crippen LogP contribution in [0.3, 0.4) is 0 Å². The van der Waals surface area contributed by atoms with Crippen molar-refractivity contribution in [2.45, 2.75) is 19.4 Å². The molecule has 4 rings (SSSR count). The summed E-state index contributed by atoms with van der Waals surface area (Å²) in [5, 5.41) is 0.587. The van der Waals surface area contributed by atoms with Crippen LogP contribution in [0.1, 0.15) is 21.6 Å². The van der Waals surface area contributed by atoms with Crippen molar-refractivity contribution < 1.29 is 23.8 Å². The molecule has 1 fully saturated rings. The van der Waals surface area contributed by atoms with E-state index in [0.29, 0.717) is 42.4 Å². The molecule has 0 bridgehead atoms. The molecule has 1 saturated heterocycles. The van der Waals surface area contributed by atoms with Crippen LogP contribution in [0.4, 0.5) is 4.79 Å². The van der Waals surface area contributed by atoms with Gasteiger partial charge in [0.05, 0.1) is 50.4 Å². The van der Waals surface area contributed by atoms with Crippen molar-refractivity contribution in [1.29, 1.82) is 0 Å². The number of aryl methyl sites for hydroxylation is 1. The van der Waals surface area contributed by atoms with Gasteiger partial charge in [-0.1, -0.05) is 17.7 Å². The first kappa shape index (κ1) is 22.1. The molecule has 1 aromatic carbocycles. The van der Waals surface area contributed by atoms with Gasteiger partial charge in [-0.2, -0.15) is 0 Å². The zero-order valence-corrected chi connectivity index (χ0v) is 18.9. The number of nitrogens with zero attached hydrogens (tertiary/aromatic N) is 3. The molecule has 0 aliphatic carbocycles. The molecule has 1 aliphatic heterocycles. The Morgan fingerprint density at radius 1 is 1.22 bits per heavy atom. The van der Waals surface area contributed by atoms with E-state index in [1.165, 1.54) is 14.2 Å². The minimum absolute atomic E-state index is 0.216. The van der Waals surface area contributed by atoms with Gasteiger partial charge in [0.25, 0.3) is 0 Å². The minimum atomic E-state index is -0.389. The molecule has 1 amide bonds. The number of fused-ring (bicyclic) bond motifs is 1. The van der Waals surface area contributed by atoms with Crippen molar-refractivity contribution in [3.63, 3.8) is 0 Å². The number of methoxy groups -OCH3 is 2. The number of aromatic nitrogens is 2. The van der Waals surface area contributed by atoms with Gasteiger partial charge in [0.15, 0.2) is 0 Å². The first-order valence-electron chi connectivity index (χ1n) is 10.2. The van der Waals surface area contributed by atoms with Crippen LogP contribution in [-0.2, 0) is 20.6 Å². The van der Waals surface area contributed by atoms with Gasteiger partial charge in [0.1, 0.15) is 5.65 Å². The molecule has 0 spiro atoms. The fraction of sp³-hybridized carbons (Fsp3) is 0.348.